The number of nitrogens with one attached hydrogen (secondary N) is 2. The molecule has 0 saturated heterocycles. The third-order valence-corrected chi connectivity index (χ3v) is 6.33. The highest BCUT2D eigenvalue weighted by molar-refractivity contribution is 5.92. The quantitative estimate of drug-likeness (QED) is 0.254. The van der Waals surface area contributed by atoms with Crippen LogP contribution in [0, 0.1) is 6.92 Å². The van der Waals surface area contributed by atoms with Crippen LogP contribution in [0.5, 0.6) is 11.5 Å². The molecular formula is C31H45N3O6. The van der Waals surface area contributed by atoms with Crippen LogP contribution in [-0.4, -0.2) is 57.8 Å². The van der Waals surface area contributed by atoms with Gasteiger partial charge in [-0.3, -0.25) is 9.59 Å². The van der Waals surface area contributed by atoms with Crippen LogP contribution in [0.25, 0.3) is 0 Å². The van der Waals surface area contributed by atoms with Gasteiger partial charge in [-0.2, -0.15) is 0 Å². The van der Waals surface area contributed by atoms with Gasteiger partial charge in [0.1, 0.15) is 29.2 Å². The van der Waals surface area contributed by atoms with Gasteiger partial charge in [-0.15, -0.1) is 0 Å². The molecule has 4 N–H and O–H groups in total. The summed E-state index contributed by atoms with van der Waals surface area (Å²) in [5, 5.41) is 25.5. The first-order valence-electron chi connectivity index (χ1n) is 14.0. The van der Waals surface area contributed by atoms with Crippen molar-refractivity contribution in [2.75, 3.05) is 13.1 Å². The fourth-order valence-electron chi connectivity index (χ4n) is 4.22. The Bertz CT molecular complexity index is 1130. The van der Waals surface area contributed by atoms with Gasteiger partial charge in [-0.25, -0.2) is 4.79 Å². The third kappa shape index (κ3) is 10.1. The molecule has 9 nitrogen and oxygen atoms in total. The van der Waals surface area contributed by atoms with E-state index in [9.17, 15) is 24.6 Å². The number of amides is 3. The minimum absolute atomic E-state index is 0.0859. The number of carbonyl (C=O) groups excluding carboxylic acids is 3. The number of hydrogen-bond donors (Lipinski definition) is 4. The molecule has 3 amide bonds. The number of phenols is 2. The number of carbonyl (C=O) groups is 3. The van der Waals surface area contributed by atoms with Crippen LogP contribution < -0.4 is 10.6 Å². The Morgan fingerprint density at radius 1 is 0.975 bits per heavy atom. The average Bonchev–Trinajstić information content (AvgIpc) is 2.87. The number of rotatable bonds is 13. The molecular weight excluding hydrogens is 510 g/mol. The van der Waals surface area contributed by atoms with Gasteiger partial charge < -0.3 is 30.5 Å². The average molecular weight is 556 g/mol. The smallest absolute Gasteiger partial charge is 0.408 e. The predicted octanol–water partition coefficient (Wildman–Crippen LogP) is 5.13. The minimum atomic E-state index is -1.04. The monoisotopic (exact) mass is 555 g/mol. The highest BCUT2D eigenvalue weighted by atomic mass is 16.6. The number of hydrogen-bond acceptors (Lipinski definition) is 6. The van der Waals surface area contributed by atoms with Crippen LogP contribution in [0.3, 0.4) is 0 Å². The van der Waals surface area contributed by atoms with Crippen molar-refractivity contribution in [2.45, 2.75) is 91.3 Å². The number of phenolic OH excluding ortho intramolecular Hbond substituents is 2. The number of aromatic hydroxyl groups is 2. The van der Waals surface area contributed by atoms with E-state index < -0.39 is 29.7 Å². The first kappa shape index (κ1) is 32.5. The van der Waals surface area contributed by atoms with Crippen molar-refractivity contribution >= 4 is 17.9 Å². The molecule has 9 heteroatoms. The summed E-state index contributed by atoms with van der Waals surface area (Å²) in [6.45, 7) is 11.7. The Morgan fingerprint density at radius 2 is 1.62 bits per heavy atom. The Balaban J connectivity index is 2.55. The zero-order valence-electron chi connectivity index (χ0n) is 24.6. The van der Waals surface area contributed by atoms with E-state index in [2.05, 4.69) is 10.6 Å². The molecule has 2 aromatic rings. The first-order valence-corrected chi connectivity index (χ1v) is 14.0. The maximum atomic E-state index is 14.3. The van der Waals surface area contributed by atoms with E-state index in [1.54, 1.807) is 52.0 Å². The highest BCUT2D eigenvalue weighted by Gasteiger charge is 2.36. The van der Waals surface area contributed by atoms with Crippen molar-refractivity contribution in [2.24, 2.45) is 0 Å². The van der Waals surface area contributed by atoms with Gasteiger partial charge in [-0.05, 0) is 81.5 Å². The molecule has 0 heterocycles. The lowest BCUT2D eigenvalue weighted by molar-refractivity contribution is -0.142. The van der Waals surface area contributed by atoms with E-state index in [1.165, 1.54) is 23.1 Å². The molecule has 0 bridgehead atoms. The molecule has 0 aliphatic carbocycles. The summed E-state index contributed by atoms with van der Waals surface area (Å²) in [5.74, 6) is -0.586. The lowest BCUT2D eigenvalue weighted by Crippen LogP contribution is -2.54. The zero-order valence-corrected chi connectivity index (χ0v) is 24.6. The Labute approximate surface area is 237 Å². The van der Waals surface area contributed by atoms with Crippen LogP contribution in [0.15, 0.2) is 42.5 Å². The molecule has 0 spiro atoms. The normalized spacial score (nSPS) is 12.8. The summed E-state index contributed by atoms with van der Waals surface area (Å²) < 4.78 is 5.46. The fourth-order valence-corrected chi connectivity index (χ4v) is 4.22. The van der Waals surface area contributed by atoms with Gasteiger partial charge in [0, 0.05) is 19.5 Å². The molecule has 0 aliphatic heterocycles. The summed E-state index contributed by atoms with van der Waals surface area (Å²) in [6.07, 6.45) is 2.49. The van der Waals surface area contributed by atoms with Crippen molar-refractivity contribution in [1.29, 1.82) is 0 Å². The lowest BCUT2D eigenvalue weighted by atomic mass is 9.98. The number of unbranched alkanes of at least 4 members (excludes halogenated alkanes) is 2. The van der Waals surface area contributed by atoms with Crippen molar-refractivity contribution in [3.05, 3.63) is 59.2 Å². The summed E-state index contributed by atoms with van der Waals surface area (Å²) in [5.41, 5.74) is 1.09. The van der Waals surface area contributed by atoms with E-state index in [1.807, 2.05) is 13.8 Å². The lowest BCUT2D eigenvalue weighted by Gasteiger charge is -2.35. The van der Waals surface area contributed by atoms with Gasteiger partial charge in [-0.1, -0.05) is 44.9 Å². The maximum absolute atomic E-state index is 14.3. The second-order valence-electron chi connectivity index (χ2n) is 11.0. The van der Waals surface area contributed by atoms with Gasteiger partial charge in [0.15, 0.2) is 0 Å². The van der Waals surface area contributed by atoms with Crippen molar-refractivity contribution in [3.8, 4) is 11.5 Å². The molecule has 0 aromatic heterocycles. The van der Waals surface area contributed by atoms with Crippen molar-refractivity contribution in [1.82, 2.24) is 15.5 Å². The fraction of sp³-hybridized carbons (Fsp3) is 0.516. The molecule has 0 fully saturated rings. The number of aryl methyl sites for hydroxylation is 1. The van der Waals surface area contributed by atoms with Gasteiger partial charge in [0.05, 0.1) is 0 Å². The van der Waals surface area contributed by atoms with Crippen LogP contribution in [-0.2, 0) is 20.7 Å². The predicted molar refractivity (Wildman–Crippen MR) is 155 cm³/mol. The highest BCUT2D eigenvalue weighted by Crippen LogP contribution is 2.28. The van der Waals surface area contributed by atoms with Crippen LogP contribution >= 0.6 is 0 Å². The standard InChI is InChI=1S/C31H45N3O6/c1-7-9-17-32-28(37)27(23-13-16-26(36)21(3)19-23)34(18-10-8-2)29(38)25(33-30(39)40-31(4,5)6)20-22-11-14-24(35)15-12-22/h11-16,19,25,27,35-36H,7-10,17-18,20H2,1-6H3,(H,32,37)(H,33,39). The number of nitrogens with zero attached hydrogens (tertiary/aromatic N) is 1. The van der Waals surface area contributed by atoms with E-state index in [4.69, 9.17) is 4.74 Å². The second-order valence-corrected chi connectivity index (χ2v) is 11.0. The molecule has 2 unspecified atom stereocenters. The first-order chi connectivity index (χ1) is 18.9. The van der Waals surface area contributed by atoms with Crippen LogP contribution in [0.1, 0.15) is 83.0 Å². The summed E-state index contributed by atoms with van der Waals surface area (Å²) in [7, 11) is 0. The van der Waals surface area contributed by atoms with E-state index in [0.29, 0.717) is 29.7 Å². The third-order valence-electron chi connectivity index (χ3n) is 6.33. The second kappa shape index (κ2) is 15.1. The van der Waals surface area contributed by atoms with E-state index >= 15 is 0 Å². The van der Waals surface area contributed by atoms with Crippen molar-refractivity contribution in [3.63, 3.8) is 0 Å². The summed E-state index contributed by atoms with van der Waals surface area (Å²) >= 11 is 0. The topological polar surface area (TPSA) is 128 Å². The molecule has 2 aromatic carbocycles. The number of alkyl carbamates (subject to hydrolysis) is 1. The minimum Gasteiger partial charge on any atom is -0.508 e. The molecule has 2 atom stereocenters. The largest absolute Gasteiger partial charge is 0.508 e. The van der Waals surface area contributed by atoms with Crippen LogP contribution in [0.2, 0.25) is 0 Å². The maximum Gasteiger partial charge on any atom is 0.408 e. The van der Waals surface area contributed by atoms with Gasteiger partial charge >= 0.3 is 6.09 Å². The summed E-state index contributed by atoms with van der Waals surface area (Å²) in [4.78, 5) is 42.3. The Hall–Kier alpha value is -3.75. The molecule has 0 saturated carbocycles. The Kier molecular flexibility index (Phi) is 12.3. The van der Waals surface area contributed by atoms with E-state index in [-0.39, 0.29) is 30.4 Å². The molecule has 2 rings (SSSR count). The van der Waals surface area contributed by atoms with Crippen molar-refractivity contribution < 1.29 is 29.3 Å². The van der Waals surface area contributed by atoms with Crippen LogP contribution in [0.4, 0.5) is 4.79 Å². The van der Waals surface area contributed by atoms with Gasteiger partial charge in [0.2, 0.25) is 11.8 Å². The number of ether oxygens (including phenoxy) is 1. The molecule has 40 heavy (non-hydrogen) atoms. The number of benzene rings is 2. The molecule has 0 radical (unpaired) electrons. The van der Waals surface area contributed by atoms with E-state index in [0.717, 1.165) is 19.3 Å². The SMILES string of the molecule is CCCCNC(=O)C(c1ccc(O)c(C)c1)N(CCCC)C(=O)C(Cc1ccc(O)cc1)NC(=O)OC(C)(C)C. The molecule has 0 aliphatic rings. The zero-order chi connectivity index (χ0) is 29.9. The summed E-state index contributed by atoms with van der Waals surface area (Å²) in [6, 6.07) is 9.26. The Morgan fingerprint density at radius 3 is 2.20 bits per heavy atom. The van der Waals surface area contributed by atoms with Gasteiger partial charge in [0.25, 0.3) is 0 Å². The molecule has 220 valence electrons.